The van der Waals surface area contributed by atoms with Gasteiger partial charge in [-0.3, -0.25) is 9.69 Å². The minimum atomic E-state index is 0.131. The molecule has 1 saturated heterocycles. The topological polar surface area (TPSA) is 41.6 Å². The van der Waals surface area contributed by atoms with Crippen molar-refractivity contribution in [3.8, 4) is 0 Å². The van der Waals surface area contributed by atoms with E-state index in [9.17, 15) is 4.79 Å². The lowest BCUT2D eigenvalue weighted by molar-refractivity contribution is -0.125. The summed E-state index contributed by atoms with van der Waals surface area (Å²) in [6.45, 7) is 9.28. The molecule has 122 valence electrons. The Morgan fingerprint density at radius 1 is 1.18 bits per heavy atom. The molecule has 4 heteroatoms. The summed E-state index contributed by atoms with van der Waals surface area (Å²) in [4.78, 5) is 14.5. The van der Waals surface area contributed by atoms with Crippen LogP contribution in [0.25, 0.3) is 0 Å². The molecule has 0 atom stereocenters. The number of nitrogens with zero attached hydrogens (tertiary/aromatic N) is 1. The van der Waals surface area contributed by atoms with Crippen LogP contribution in [0.5, 0.6) is 0 Å². The first-order chi connectivity index (χ1) is 10.7. The Hall–Kier alpha value is -1.39. The van der Waals surface area contributed by atoms with Crippen LogP contribution in [0.15, 0.2) is 24.3 Å². The molecule has 1 aliphatic heterocycles. The van der Waals surface area contributed by atoms with Crippen molar-refractivity contribution in [2.75, 3.05) is 26.3 Å². The highest BCUT2D eigenvalue weighted by molar-refractivity contribution is 5.78. The molecule has 0 unspecified atom stereocenters. The van der Waals surface area contributed by atoms with Crippen molar-refractivity contribution >= 4 is 5.91 Å². The van der Waals surface area contributed by atoms with E-state index >= 15 is 0 Å². The van der Waals surface area contributed by atoms with Crippen molar-refractivity contribution in [2.45, 2.75) is 39.8 Å². The number of ether oxygens (including phenoxy) is 1. The summed E-state index contributed by atoms with van der Waals surface area (Å²) >= 11 is 0. The molecular formula is C18H28N2O2. The lowest BCUT2D eigenvalue weighted by atomic mass is 10.0. The van der Waals surface area contributed by atoms with E-state index in [4.69, 9.17) is 4.74 Å². The van der Waals surface area contributed by atoms with Crippen LogP contribution in [0.4, 0.5) is 0 Å². The quantitative estimate of drug-likeness (QED) is 0.842. The minimum absolute atomic E-state index is 0.131. The van der Waals surface area contributed by atoms with E-state index in [0.717, 1.165) is 45.7 Å². The average Bonchev–Trinajstić information content (AvgIpc) is 2.56. The molecule has 1 aliphatic rings. The number of hydrogen-bond acceptors (Lipinski definition) is 3. The normalized spacial score (nSPS) is 16.0. The number of benzene rings is 1. The van der Waals surface area contributed by atoms with Crippen LogP contribution < -0.4 is 5.32 Å². The zero-order valence-corrected chi connectivity index (χ0v) is 13.8. The molecule has 0 bridgehead atoms. The van der Waals surface area contributed by atoms with Crippen LogP contribution in [-0.2, 0) is 22.6 Å². The fraction of sp³-hybridized carbons (Fsp3) is 0.611. The summed E-state index contributed by atoms with van der Waals surface area (Å²) in [5.74, 6) is 0.303. The molecule has 1 aromatic rings. The van der Waals surface area contributed by atoms with Crippen molar-refractivity contribution in [3.05, 3.63) is 35.4 Å². The molecule has 1 heterocycles. The Balaban J connectivity index is 1.94. The first-order valence-electron chi connectivity index (χ1n) is 8.39. The van der Waals surface area contributed by atoms with E-state index in [-0.39, 0.29) is 11.8 Å². The van der Waals surface area contributed by atoms with Gasteiger partial charge < -0.3 is 10.1 Å². The Kier molecular flexibility index (Phi) is 6.87. The highest BCUT2D eigenvalue weighted by Gasteiger charge is 2.15. The van der Waals surface area contributed by atoms with Crippen LogP contribution in [0.3, 0.4) is 0 Å². The maximum Gasteiger partial charge on any atom is 0.223 e. The van der Waals surface area contributed by atoms with E-state index in [1.54, 1.807) is 0 Å². The molecule has 0 spiro atoms. The number of carbonyl (C=O) groups is 1. The SMILES string of the molecule is CCC(CC)C(=O)NCc1ccccc1CN1CCOCC1. The summed E-state index contributed by atoms with van der Waals surface area (Å²) in [5.41, 5.74) is 2.52. The van der Waals surface area contributed by atoms with Gasteiger partial charge in [-0.2, -0.15) is 0 Å². The standard InChI is InChI=1S/C18H28N2O2/c1-3-15(4-2)18(21)19-13-16-7-5-6-8-17(16)14-20-9-11-22-12-10-20/h5-8,15H,3-4,9-14H2,1-2H3,(H,19,21). The summed E-state index contributed by atoms with van der Waals surface area (Å²) in [5, 5.41) is 3.10. The van der Waals surface area contributed by atoms with Gasteiger partial charge >= 0.3 is 0 Å². The summed E-state index contributed by atoms with van der Waals surface area (Å²) < 4.78 is 5.40. The molecule has 22 heavy (non-hydrogen) atoms. The molecule has 1 amide bonds. The molecule has 0 aliphatic carbocycles. The third-order valence-corrected chi connectivity index (χ3v) is 4.43. The van der Waals surface area contributed by atoms with Crippen molar-refractivity contribution in [1.82, 2.24) is 10.2 Å². The fourth-order valence-electron chi connectivity index (χ4n) is 2.87. The lowest BCUT2D eigenvalue weighted by Crippen LogP contribution is -2.36. The lowest BCUT2D eigenvalue weighted by Gasteiger charge is -2.27. The first kappa shape index (κ1) is 17.0. The molecule has 1 fully saturated rings. The molecule has 2 rings (SSSR count). The smallest absolute Gasteiger partial charge is 0.223 e. The Morgan fingerprint density at radius 3 is 2.45 bits per heavy atom. The summed E-state index contributed by atoms with van der Waals surface area (Å²) in [7, 11) is 0. The predicted octanol–water partition coefficient (Wildman–Crippen LogP) is 2.57. The number of hydrogen-bond donors (Lipinski definition) is 1. The van der Waals surface area contributed by atoms with Crippen molar-refractivity contribution in [2.24, 2.45) is 5.92 Å². The zero-order valence-electron chi connectivity index (χ0n) is 13.8. The minimum Gasteiger partial charge on any atom is -0.379 e. The van der Waals surface area contributed by atoms with Gasteiger partial charge in [0.25, 0.3) is 0 Å². The highest BCUT2D eigenvalue weighted by Crippen LogP contribution is 2.14. The van der Waals surface area contributed by atoms with E-state index in [1.807, 2.05) is 6.07 Å². The fourth-order valence-corrected chi connectivity index (χ4v) is 2.87. The van der Waals surface area contributed by atoms with Gasteiger partial charge in [-0.1, -0.05) is 38.1 Å². The van der Waals surface area contributed by atoms with Gasteiger partial charge in [-0.05, 0) is 24.0 Å². The van der Waals surface area contributed by atoms with Crippen LogP contribution in [0.1, 0.15) is 37.8 Å². The van der Waals surface area contributed by atoms with Crippen LogP contribution in [0.2, 0.25) is 0 Å². The van der Waals surface area contributed by atoms with Gasteiger partial charge in [0.2, 0.25) is 5.91 Å². The number of carbonyl (C=O) groups excluding carboxylic acids is 1. The molecule has 0 radical (unpaired) electrons. The third-order valence-electron chi connectivity index (χ3n) is 4.43. The molecule has 0 aromatic heterocycles. The van der Waals surface area contributed by atoms with Crippen molar-refractivity contribution in [3.63, 3.8) is 0 Å². The number of amides is 1. The molecule has 1 N–H and O–H groups in total. The number of nitrogens with one attached hydrogen (secondary N) is 1. The first-order valence-corrected chi connectivity index (χ1v) is 8.39. The van der Waals surface area contributed by atoms with Gasteiger partial charge in [0.1, 0.15) is 0 Å². The second kappa shape index (κ2) is 8.91. The van der Waals surface area contributed by atoms with E-state index in [1.165, 1.54) is 11.1 Å². The molecular weight excluding hydrogens is 276 g/mol. The van der Waals surface area contributed by atoms with E-state index in [2.05, 4.69) is 42.3 Å². The van der Waals surface area contributed by atoms with Gasteiger partial charge in [-0.25, -0.2) is 0 Å². The largest absolute Gasteiger partial charge is 0.379 e. The van der Waals surface area contributed by atoms with Crippen LogP contribution >= 0.6 is 0 Å². The second-order valence-electron chi connectivity index (χ2n) is 5.89. The highest BCUT2D eigenvalue weighted by atomic mass is 16.5. The van der Waals surface area contributed by atoms with Crippen molar-refractivity contribution < 1.29 is 9.53 Å². The number of morpholine rings is 1. The third kappa shape index (κ3) is 4.82. The zero-order chi connectivity index (χ0) is 15.8. The van der Waals surface area contributed by atoms with Gasteiger partial charge in [0.05, 0.1) is 13.2 Å². The Labute approximate surface area is 133 Å². The Bertz CT molecular complexity index is 466. The van der Waals surface area contributed by atoms with Crippen molar-refractivity contribution in [1.29, 1.82) is 0 Å². The monoisotopic (exact) mass is 304 g/mol. The molecule has 1 aromatic carbocycles. The van der Waals surface area contributed by atoms with E-state index < -0.39 is 0 Å². The summed E-state index contributed by atoms with van der Waals surface area (Å²) in [6.07, 6.45) is 1.80. The van der Waals surface area contributed by atoms with Gasteiger partial charge in [0.15, 0.2) is 0 Å². The second-order valence-corrected chi connectivity index (χ2v) is 5.89. The summed E-state index contributed by atoms with van der Waals surface area (Å²) in [6, 6.07) is 8.39. The van der Waals surface area contributed by atoms with Gasteiger partial charge in [0, 0.05) is 32.1 Å². The molecule has 4 nitrogen and oxygen atoms in total. The molecule has 0 saturated carbocycles. The maximum absolute atomic E-state index is 12.1. The van der Waals surface area contributed by atoms with Gasteiger partial charge in [-0.15, -0.1) is 0 Å². The van der Waals surface area contributed by atoms with E-state index in [0.29, 0.717) is 6.54 Å². The average molecular weight is 304 g/mol. The Morgan fingerprint density at radius 2 is 1.82 bits per heavy atom. The predicted molar refractivity (Wildman–Crippen MR) is 88.5 cm³/mol. The van der Waals surface area contributed by atoms with Crippen LogP contribution in [0, 0.1) is 5.92 Å². The van der Waals surface area contributed by atoms with Crippen LogP contribution in [-0.4, -0.2) is 37.1 Å². The maximum atomic E-state index is 12.1. The number of rotatable bonds is 7.